The van der Waals surface area contributed by atoms with Crippen LogP contribution in [0.3, 0.4) is 0 Å². The molecule has 1 aromatic heterocycles. The third-order valence-electron chi connectivity index (χ3n) is 3.53. The first kappa shape index (κ1) is 15.3. The van der Waals surface area contributed by atoms with Crippen molar-refractivity contribution >= 4 is 5.91 Å². The van der Waals surface area contributed by atoms with Crippen LogP contribution in [-0.2, 0) is 18.4 Å². The predicted molar refractivity (Wildman–Crippen MR) is 82.4 cm³/mol. The molecule has 1 aromatic carbocycles. The highest BCUT2D eigenvalue weighted by Crippen LogP contribution is 2.16. The quantitative estimate of drug-likeness (QED) is 0.911. The van der Waals surface area contributed by atoms with E-state index in [2.05, 4.69) is 5.10 Å². The molecular formula is C16H22N4O. The Labute approximate surface area is 125 Å². The molecule has 0 spiro atoms. The Kier molecular flexibility index (Phi) is 4.75. The van der Waals surface area contributed by atoms with Gasteiger partial charge in [0.2, 0.25) is 5.91 Å². The summed E-state index contributed by atoms with van der Waals surface area (Å²) in [6, 6.07) is 7.15. The molecular weight excluding hydrogens is 264 g/mol. The predicted octanol–water partition coefficient (Wildman–Crippen LogP) is 1.78. The molecule has 0 aliphatic carbocycles. The number of likely N-dealkylation sites (N-methyl/N-ethyl adjacent to an activating group) is 1. The summed E-state index contributed by atoms with van der Waals surface area (Å²) < 4.78 is 1.73. The monoisotopic (exact) mass is 286 g/mol. The highest BCUT2D eigenvalue weighted by molar-refractivity contribution is 5.83. The number of nitrogens with zero attached hydrogens (tertiary/aromatic N) is 3. The lowest BCUT2D eigenvalue weighted by Gasteiger charge is -2.24. The maximum Gasteiger partial charge on any atom is 0.244 e. The average molecular weight is 286 g/mol. The highest BCUT2D eigenvalue weighted by atomic mass is 16.2. The molecule has 0 radical (unpaired) electrons. The largest absolute Gasteiger partial charge is 0.337 e. The number of hydrogen-bond acceptors (Lipinski definition) is 3. The topological polar surface area (TPSA) is 64.2 Å². The van der Waals surface area contributed by atoms with Gasteiger partial charge in [0.15, 0.2) is 0 Å². The van der Waals surface area contributed by atoms with E-state index in [1.165, 1.54) is 0 Å². The molecule has 0 aliphatic rings. The van der Waals surface area contributed by atoms with Crippen LogP contribution in [0.2, 0.25) is 0 Å². The number of nitrogens with two attached hydrogens (primary N) is 1. The lowest BCUT2D eigenvalue weighted by atomic mass is 10.0. The molecule has 1 amide bonds. The van der Waals surface area contributed by atoms with E-state index in [1.54, 1.807) is 15.8 Å². The van der Waals surface area contributed by atoms with Crippen LogP contribution < -0.4 is 5.73 Å². The number of rotatable bonds is 5. The van der Waals surface area contributed by atoms with Crippen LogP contribution in [0, 0.1) is 6.92 Å². The van der Waals surface area contributed by atoms with Crippen molar-refractivity contribution in [2.45, 2.75) is 26.4 Å². The van der Waals surface area contributed by atoms with E-state index in [0.29, 0.717) is 13.1 Å². The van der Waals surface area contributed by atoms with Gasteiger partial charge in [-0.25, -0.2) is 0 Å². The molecule has 0 aliphatic heterocycles. The van der Waals surface area contributed by atoms with Crippen molar-refractivity contribution in [3.05, 3.63) is 53.3 Å². The highest BCUT2D eigenvalue weighted by Gasteiger charge is 2.21. The molecule has 112 valence electrons. The van der Waals surface area contributed by atoms with Crippen LogP contribution in [0.25, 0.3) is 0 Å². The van der Waals surface area contributed by atoms with Crippen molar-refractivity contribution < 1.29 is 4.79 Å². The number of aromatic nitrogens is 2. The second-order valence-corrected chi connectivity index (χ2v) is 5.26. The third-order valence-corrected chi connectivity index (χ3v) is 3.53. The van der Waals surface area contributed by atoms with E-state index >= 15 is 0 Å². The van der Waals surface area contributed by atoms with Crippen molar-refractivity contribution in [1.29, 1.82) is 0 Å². The van der Waals surface area contributed by atoms with Gasteiger partial charge in [-0.15, -0.1) is 0 Å². The molecule has 0 fully saturated rings. The minimum absolute atomic E-state index is 0.0646. The molecule has 5 heteroatoms. The smallest absolute Gasteiger partial charge is 0.244 e. The Morgan fingerprint density at radius 3 is 2.57 bits per heavy atom. The number of carbonyl (C=O) groups excluding carboxylic acids is 1. The second kappa shape index (κ2) is 6.54. The van der Waals surface area contributed by atoms with Crippen LogP contribution in [0.1, 0.15) is 29.7 Å². The molecule has 2 N–H and O–H groups in total. The van der Waals surface area contributed by atoms with E-state index in [0.717, 1.165) is 16.7 Å². The van der Waals surface area contributed by atoms with Crippen molar-refractivity contribution in [2.24, 2.45) is 12.8 Å². The summed E-state index contributed by atoms with van der Waals surface area (Å²) in [5.74, 6) is -0.0646. The van der Waals surface area contributed by atoms with Crippen LogP contribution in [0.15, 0.2) is 36.7 Å². The standard InChI is InChI=1S/C16H22N4O/c1-4-20(11-13-9-18-19(3)10-13)16(21)15(17)14-7-5-12(2)6-8-14/h5-10,15H,4,11,17H2,1-3H3. The summed E-state index contributed by atoms with van der Waals surface area (Å²) in [4.78, 5) is 14.3. The van der Waals surface area contributed by atoms with Gasteiger partial charge in [-0.3, -0.25) is 9.48 Å². The lowest BCUT2D eigenvalue weighted by Crippen LogP contribution is -2.38. The summed E-state index contributed by atoms with van der Waals surface area (Å²) in [5, 5.41) is 4.12. The minimum Gasteiger partial charge on any atom is -0.337 e. The molecule has 2 rings (SSSR count). The number of aryl methyl sites for hydroxylation is 2. The van der Waals surface area contributed by atoms with Crippen molar-refractivity contribution in [1.82, 2.24) is 14.7 Å². The van der Waals surface area contributed by atoms with E-state index < -0.39 is 6.04 Å². The fourth-order valence-corrected chi connectivity index (χ4v) is 2.23. The maximum atomic E-state index is 12.5. The van der Waals surface area contributed by atoms with E-state index in [-0.39, 0.29) is 5.91 Å². The molecule has 1 heterocycles. The second-order valence-electron chi connectivity index (χ2n) is 5.26. The summed E-state index contributed by atoms with van der Waals surface area (Å²) in [7, 11) is 1.86. The van der Waals surface area contributed by atoms with E-state index in [9.17, 15) is 4.79 Å². The van der Waals surface area contributed by atoms with Gasteiger partial charge in [-0.1, -0.05) is 29.8 Å². The molecule has 1 unspecified atom stereocenters. The third kappa shape index (κ3) is 3.70. The Balaban J connectivity index is 2.10. The summed E-state index contributed by atoms with van der Waals surface area (Å²) in [6.07, 6.45) is 3.68. The maximum absolute atomic E-state index is 12.5. The first-order chi connectivity index (χ1) is 10.0. The van der Waals surface area contributed by atoms with Gasteiger partial charge in [-0.2, -0.15) is 5.10 Å². The Bertz CT molecular complexity index is 603. The summed E-state index contributed by atoms with van der Waals surface area (Å²) >= 11 is 0. The number of carbonyl (C=O) groups is 1. The van der Waals surface area contributed by atoms with Gasteiger partial charge in [0.1, 0.15) is 6.04 Å². The fourth-order valence-electron chi connectivity index (χ4n) is 2.23. The average Bonchev–Trinajstić information content (AvgIpc) is 2.89. The van der Waals surface area contributed by atoms with Crippen LogP contribution in [0.4, 0.5) is 0 Å². The van der Waals surface area contributed by atoms with Crippen molar-refractivity contribution in [3.63, 3.8) is 0 Å². The summed E-state index contributed by atoms with van der Waals surface area (Å²) in [5.41, 5.74) is 9.11. The number of hydrogen-bond donors (Lipinski definition) is 1. The minimum atomic E-state index is -0.623. The van der Waals surface area contributed by atoms with E-state index in [4.69, 9.17) is 5.73 Å². The molecule has 5 nitrogen and oxygen atoms in total. The molecule has 1 atom stereocenters. The van der Waals surface area contributed by atoms with Crippen LogP contribution in [-0.4, -0.2) is 27.1 Å². The fraction of sp³-hybridized carbons (Fsp3) is 0.375. The van der Waals surface area contributed by atoms with Gasteiger partial charge < -0.3 is 10.6 Å². The van der Waals surface area contributed by atoms with Crippen LogP contribution in [0.5, 0.6) is 0 Å². The Morgan fingerprint density at radius 2 is 2.05 bits per heavy atom. The SMILES string of the molecule is CCN(Cc1cnn(C)c1)C(=O)C(N)c1ccc(C)cc1. The van der Waals surface area contributed by atoms with Gasteiger partial charge in [0, 0.05) is 31.9 Å². The zero-order chi connectivity index (χ0) is 15.4. The molecule has 0 bridgehead atoms. The molecule has 21 heavy (non-hydrogen) atoms. The molecule has 0 saturated heterocycles. The lowest BCUT2D eigenvalue weighted by molar-refractivity contribution is -0.133. The van der Waals surface area contributed by atoms with Crippen molar-refractivity contribution in [2.75, 3.05) is 6.54 Å². The molecule has 2 aromatic rings. The first-order valence-electron chi connectivity index (χ1n) is 7.09. The zero-order valence-corrected chi connectivity index (χ0v) is 12.8. The van der Waals surface area contributed by atoms with Crippen LogP contribution >= 0.6 is 0 Å². The Morgan fingerprint density at radius 1 is 1.38 bits per heavy atom. The van der Waals surface area contributed by atoms with Gasteiger partial charge in [0.05, 0.1) is 6.20 Å². The number of benzene rings is 1. The zero-order valence-electron chi connectivity index (χ0n) is 12.8. The van der Waals surface area contributed by atoms with E-state index in [1.807, 2.05) is 51.4 Å². The van der Waals surface area contributed by atoms with Crippen molar-refractivity contribution in [3.8, 4) is 0 Å². The summed E-state index contributed by atoms with van der Waals surface area (Å²) in [6.45, 7) is 5.12. The Hall–Kier alpha value is -2.14. The van der Waals surface area contributed by atoms with Gasteiger partial charge in [0.25, 0.3) is 0 Å². The van der Waals surface area contributed by atoms with Gasteiger partial charge in [-0.05, 0) is 19.4 Å². The van der Waals surface area contributed by atoms with Gasteiger partial charge >= 0.3 is 0 Å². The first-order valence-corrected chi connectivity index (χ1v) is 7.09. The normalized spacial score (nSPS) is 12.2. The molecule has 0 saturated carbocycles. The number of amides is 1.